The average Bonchev–Trinajstić information content (AvgIpc) is 2.14. The zero-order valence-electron chi connectivity index (χ0n) is 8.48. The first kappa shape index (κ1) is 16.3. The van der Waals surface area contributed by atoms with Gasteiger partial charge in [0.05, 0.1) is 15.1 Å². The van der Waals surface area contributed by atoms with E-state index in [2.05, 4.69) is 31.9 Å². The fourth-order valence-electron chi connectivity index (χ4n) is 0.733. The maximum absolute atomic E-state index is 6.20. The standard InChI is InChI=1S/C10H13Br2Cl3/c1-9(14,7-12)4-3-8(13)10(2,15)5-6-11/h3-6,8H,7H2,1-2H3/t8-,9-,10+/m0/s1. The minimum absolute atomic E-state index is 0.315. The fourth-order valence-corrected chi connectivity index (χ4v) is 1.98. The van der Waals surface area contributed by atoms with Crippen LogP contribution < -0.4 is 0 Å². The van der Waals surface area contributed by atoms with Gasteiger partial charge >= 0.3 is 0 Å². The highest BCUT2D eigenvalue weighted by atomic mass is 79.9. The number of hydrogen-bond donors (Lipinski definition) is 0. The maximum Gasteiger partial charge on any atom is 0.0804 e. The van der Waals surface area contributed by atoms with Crippen LogP contribution in [0.25, 0.3) is 0 Å². The Bertz CT molecular complexity index is 247. The van der Waals surface area contributed by atoms with Gasteiger partial charge in [-0.05, 0) is 18.8 Å². The van der Waals surface area contributed by atoms with Gasteiger partial charge in [0.25, 0.3) is 0 Å². The highest BCUT2D eigenvalue weighted by Crippen LogP contribution is 2.29. The minimum atomic E-state index is -0.624. The zero-order chi connectivity index (χ0) is 12.1. The van der Waals surface area contributed by atoms with E-state index < -0.39 is 9.75 Å². The van der Waals surface area contributed by atoms with Gasteiger partial charge in [-0.1, -0.05) is 50.1 Å². The summed E-state index contributed by atoms with van der Waals surface area (Å²) in [6.07, 6.45) is 5.45. The molecule has 88 valence electrons. The lowest BCUT2D eigenvalue weighted by atomic mass is 10.0. The largest absolute Gasteiger partial charge is 0.116 e. The summed E-state index contributed by atoms with van der Waals surface area (Å²) in [7, 11) is 0. The summed E-state index contributed by atoms with van der Waals surface area (Å²) in [5, 5.41) is 0.347. The third-order valence-electron chi connectivity index (χ3n) is 1.80. The molecule has 0 rings (SSSR count). The molecular formula is C10H13Br2Cl3. The quantitative estimate of drug-likeness (QED) is 0.426. The van der Waals surface area contributed by atoms with E-state index in [0.29, 0.717) is 5.33 Å². The number of allylic oxidation sites excluding steroid dienone is 3. The molecule has 0 unspecified atom stereocenters. The van der Waals surface area contributed by atoms with Crippen molar-refractivity contribution in [2.45, 2.75) is 29.0 Å². The molecule has 0 aliphatic rings. The molecule has 0 aromatic carbocycles. The van der Waals surface area contributed by atoms with Crippen LogP contribution in [0.4, 0.5) is 0 Å². The third-order valence-corrected chi connectivity index (χ3v) is 4.89. The molecule has 0 fully saturated rings. The third kappa shape index (κ3) is 6.58. The lowest BCUT2D eigenvalue weighted by Gasteiger charge is -2.22. The van der Waals surface area contributed by atoms with Gasteiger partial charge in [-0.15, -0.1) is 34.8 Å². The summed E-state index contributed by atoms with van der Waals surface area (Å²) in [6.45, 7) is 3.74. The fraction of sp³-hybridized carbons (Fsp3) is 0.600. The van der Waals surface area contributed by atoms with Crippen LogP contribution >= 0.6 is 66.7 Å². The summed E-state index contributed by atoms with van der Waals surface area (Å²) in [6, 6.07) is 0. The van der Waals surface area contributed by atoms with E-state index in [1.54, 1.807) is 11.1 Å². The van der Waals surface area contributed by atoms with Gasteiger partial charge in [0.1, 0.15) is 0 Å². The van der Waals surface area contributed by atoms with Gasteiger partial charge < -0.3 is 0 Å². The Kier molecular flexibility index (Phi) is 7.51. The van der Waals surface area contributed by atoms with E-state index in [9.17, 15) is 0 Å². The van der Waals surface area contributed by atoms with E-state index in [1.807, 2.05) is 26.0 Å². The Morgan fingerprint density at radius 1 is 1.27 bits per heavy atom. The van der Waals surface area contributed by atoms with Gasteiger partial charge in [0.2, 0.25) is 0 Å². The molecule has 0 radical (unpaired) electrons. The van der Waals surface area contributed by atoms with E-state index in [-0.39, 0.29) is 5.38 Å². The van der Waals surface area contributed by atoms with Crippen LogP contribution in [0.1, 0.15) is 13.8 Å². The van der Waals surface area contributed by atoms with Crippen LogP contribution in [0.3, 0.4) is 0 Å². The first-order chi connectivity index (χ1) is 6.75. The van der Waals surface area contributed by atoms with Gasteiger partial charge in [0.15, 0.2) is 0 Å². The van der Waals surface area contributed by atoms with E-state index in [0.717, 1.165) is 0 Å². The Balaban J connectivity index is 4.55. The van der Waals surface area contributed by atoms with Crippen molar-refractivity contribution in [1.29, 1.82) is 0 Å². The normalized spacial score (nSPS) is 22.9. The monoisotopic (exact) mass is 396 g/mol. The summed E-state index contributed by atoms with van der Waals surface area (Å²) in [5.41, 5.74) is 0. The molecule has 0 heterocycles. The molecule has 0 nitrogen and oxygen atoms in total. The molecule has 0 bridgehead atoms. The second kappa shape index (κ2) is 6.90. The van der Waals surface area contributed by atoms with E-state index in [1.165, 1.54) is 0 Å². The second-order valence-corrected chi connectivity index (χ2v) is 6.85. The molecule has 5 heteroatoms. The van der Waals surface area contributed by atoms with Crippen LogP contribution in [0, 0.1) is 0 Å². The topological polar surface area (TPSA) is 0 Å². The number of alkyl halides is 4. The smallest absolute Gasteiger partial charge is 0.0804 e. The Hall–Kier alpha value is 1.31. The predicted molar refractivity (Wildman–Crippen MR) is 79.2 cm³/mol. The first-order valence-electron chi connectivity index (χ1n) is 4.30. The average molecular weight is 399 g/mol. The van der Waals surface area contributed by atoms with Crippen molar-refractivity contribution in [3.8, 4) is 0 Å². The molecule has 15 heavy (non-hydrogen) atoms. The van der Waals surface area contributed by atoms with Crippen molar-refractivity contribution in [2.24, 2.45) is 0 Å². The van der Waals surface area contributed by atoms with Crippen LogP contribution in [0.15, 0.2) is 23.2 Å². The van der Waals surface area contributed by atoms with Crippen molar-refractivity contribution >= 4 is 66.7 Å². The van der Waals surface area contributed by atoms with Crippen LogP contribution in [-0.2, 0) is 0 Å². The Labute approximate surface area is 123 Å². The highest BCUT2D eigenvalue weighted by molar-refractivity contribution is 9.11. The van der Waals surface area contributed by atoms with E-state index >= 15 is 0 Å². The van der Waals surface area contributed by atoms with Crippen LogP contribution in [0.5, 0.6) is 0 Å². The predicted octanol–water partition coefficient (Wildman–Crippen LogP) is 5.45. The lowest BCUT2D eigenvalue weighted by molar-refractivity contribution is 0.790. The lowest BCUT2D eigenvalue weighted by Crippen LogP contribution is -2.26. The molecule has 3 atom stereocenters. The molecule has 0 saturated carbocycles. The SMILES string of the molecule is C[C@](Cl)(C=C[C@H](Cl)[C@](C)(Cl)C=CBr)CBr. The second-order valence-electron chi connectivity index (χ2n) is 3.62. The molecule has 0 aliphatic carbocycles. The van der Waals surface area contributed by atoms with E-state index in [4.69, 9.17) is 34.8 Å². The van der Waals surface area contributed by atoms with Gasteiger partial charge in [-0.3, -0.25) is 0 Å². The summed E-state index contributed by atoms with van der Waals surface area (Å²) < 4.78 is 0. The zero-order valence-corrected chi connectivity index (χ0v) is 13.9. The van der Waals surface area contributed by atoms with Crippen molar-refractivity contribution in [2.75, 3.05) is 5.33 Å². The maximum atomic E-state index is 6.20. The number of rotatable bonds is 5. The first-order valence-corrected chi connectivity index (χ1v) is 7.53. The minimum Gasteiger partial charge on any atom is -0.116 e. The number of halogens is 5. The molecule has 0 amide bonds. The molecule has 0 N–H and O–H groups in total. The molecule has 0 aliphatic heterocycles. The van der Waals surface area contributed by atoms with Crippen molar-refractivity contribution in [1.82, 2.24) is 0 Å². The Morgan fingerprint density at radius 3 is 2.20 bits per heavy atom. The van der Waals surface area contributed by atoms with Crippen LogP contribution in [-0.4, -0.2) is 20.5 Å². The summed E-state index contributed by atoms with van der Waals surface area (Å²) in [5.74, 6) is 0. The van der Waals surface area contributed by atoms with Crippen LogP contribution in [0.2, 0.25) is 0 Å². The summed E-state index contributed by atoms with van der Waals surface area (Å²) >= 11 is 25.0. The molecule has 0 saturated heterocycles. The van der Waals surface area contributed by atoms with Crippen molar-refractivity contribution < 1.29 is 0 Å². The number of hydrogen-bond acceptors (Lipinski definition) is 0. The molecule has 0 aromatic heterocycles. The molecule has 0 aromatic rings. The molecular weight excluding hydrogens is 386 g/mol. The highest BCUT2D eigenvalue weighted by Gasteiger charge is 2.26. The molecule has 0 spiro atoms. The summed E-state index contributed by atoms with van der Waals surface area (Å²) in [4.78, 5) is 0.645. The van der Waals surface area contributed by atoms with Gasteiger partial charge in [-0.2, -0.15) is 0 Å². The van der Waals surface area contributed by atoms with Gasteiger partial charge in [-0.25, -0.2) is 0 Å². The van der Waals surface area contributed by atoms with Crippen molar-refractivity contribution in [3.63, 3.8) is 0 Å². The Morgan fingerprint density at radius 2 is 1.80 bits per heavy atom. The van der Waals surface area contributed by atoms with Crippen molar-refractivity contribution in [3.05, 3.63) is 23.2 Å². The van der Waals surface area contributed by atoms with Gasteiger partial charge in [0, 0.05) is 5.33 Å².